The maximum atomic E-state index is 11.0. The third-order valence-corrected chi connectivity index (χ3v) is 3.27. The molecule has 0 amide bonds. The van der Waals surface area contributed by atoms with Crippen LogP contribution in [0.1, 0.15) is 15.9 Å². The van der Waals surface area contributed by atoms with Gasteiger partial charge in [0.15, 0.2) is 0 Å². The SMILES string of the molecule is O=C(O)c1cc(N=C/C=C/c2ccccc2)c(Cl)cc1Cl. The Kier molecular flexibility index (Phi) is 5.14. The monoisotopic (exact) mass is 319 g/mol. The number of halogens is 2. The number of aliphatic imine (C=N–C) groups is 1. The molecule has 3 nitrogen and oxygen atoms in total. The third kappa shape index (κ3) is 4.18. The van der Waals surface area contributed by atoms with E-state index in [1.165, 1.54) is 12.1 Å². The Labute approximate surface area is 132 Å². The van der Waals surface area contributed by atoms with Crippen LogP contribution in [-0.2, 0) is 0 Å². The molecule has 0 radical (unpaired) electrons. The fraction of sp³-hybridized carbons (Fsp3) is 0. The summed E-state index contributed by atoms with van der Waals surface area (Å²) in [5.74, 6) is -1.12. The summed E-state index contributed by atoms with van der Waals surface area (Å²) in [6.45, 7) is 0. The number of carboxylic acid groups (broad SMARTS) is 1. The van der Waals surface area contributed by atoms with Crippen LogP contribution >= 0.6 is 23.2 Å². The van der Waals surface area contributed by atoms with E-state index in [0.717, 1.165) is 5.56 Å². The smallest absolute Gasteiger partial charge is 0.337 e. The lowest BCUT2D eigenvalue weighted by Crippen LogP contribution is -1.97. The van der Waals surface area contributed by atoms with Crippen LogP contribution in [0.4, 0.5) is 5.69 Å². The van der Waals surface area contributed by atoms with Gasteiger partial charge in [-0.1, -0.05) is 59.6 Å². The van der Waals surface area contributed by atoms with Gasteiger partial charge in [-0.25, -0.2) is 4.79 Å². The predicted molar refractivity (Wildman–Crippen MR) is 87.0 cm³/mol. The molecular weight excluding hydrogens is 309 g/mol. The lowest BCUT2D eigenvalue weighted by molar-refractivity contribution is 0.0697. The normalized spacial score (nSPS) is 11.3. The van der Waals surface area contributed by atoms with Gasteiger partial charge in [0.05, 0.1) is 21.3 Å². The Morgan fingerprint density at radius 2 is 1.81 bits per heavy atom. The number of carbonyl (C=O) groups is 1. The van der Waals surface area contributed by atoms with Gasteiger partial charge in [0.1, 0.15) is 0 Å². The lowest BCUT2D eigenvalue weighted by atomic mass is 10.2. The fourth-order valence-electron chi connectivity index (χ4n) is 1.64. The molecule has 0 aliphatic rings. The first kappa shape index (κ1) is 15.3. The number of hydrogen-bond acceptors (Lipinski definition) is 2. The predicted octanol–water partition coefficient (Wildman–Crippen LogP) is 5.11. The first-order valence-corrected chi connectivity index (χ1v) is 6.81. The van der Waals surface area contributed by atoms with Gasteiger partial charge >= 0.3 is 5.97 Å². The zero-order chi connectivity index (χ0) is 15.2. The van der Waals surface area contributed by atoms with Crippen LogP contribution in [0.15, 0.2) is 53.5 Å². The van der Waals surface area contributed by atoms with E-state index in [1.807, 2.05) is 36.4 Å². The minimum absolute atomic E-state index is 0.0275. The second-order valence-electron chi connectivity index (χ2n) is 4.14. The number of hydrogen-bond donors (Lipinski definition) is 1. The zero-order valence-electron chi connectivity index (χ0n) is 10.8. The molecule has 1 N–H and O–H groups in total. The van der Waals surface area contributed by atoms with Crippen molar-refractivity contribution in [1.82, 2.24) is 0 Å². The summed E-state index contributed by atoms with van der Waals surface area (Å²) in [5, 5.41) is 9.40. The summed E-state index contributed by atoms with van der Waals surface area (Å²) in [5.41, 5.74) is 1.37. The second kappa shape index (κ2) is 7.07. The van der Waals surface area contributed by atoms with Crippen molar-refractivity contribution in [3.8, 4) is 0 Å². The summed E-state index contributed by atoms with van der Waals surface area (Å²) < 4.78 is 0. The highest BCUT2D eigenvalue weighted by atomic mass is 35.5. The number of aromatic carboxylic acids is 1. The van der Waals surface area contributed by atoms with E-state index in [2.05, 4.69) is 4.99 Å². The van der Waals surface area contributed by atoms with Crippen LogP contribution in [0.5, 0.6) is 0 Å². The van der Waals surface area contributed by atoms with Gasteiger partial charge in [0.25, 0.3) is 0 Å². The molecule has 21 heavy (non-hydrogen) atoms. The molecule has 106 valence electrons. The molecule has 0 saturated heterocycles. The van der Waals surface area contributed by atoms with Crippen molar-refractivity contribution in [2.24, 2.45) is 4.99 Å². The van der Waals surface area contributed by atoms with Gasteiger partial charge in [0, 0.05) is 6.21 Å². The Morgan fingerprint density at radius 3 is 2.48 bits per heavy atom. The minimum Gasteiger partial charge on any atom is -0.478 e. The number of nitrogens with zero attached hydrogens (tertiary/aromatic N) is 1. The molecule has 0 aliphatic heterocycles. The van der Waals surface area contributed by atoms with Crippen LogP contribution in [0, 0.1) is 0 Å². The Morgan fingerprint density at radius 1 is 1.10 bits per heavy atom. The van der Waals surface area contributed by atoms with Crippen molar-refractivity contribution < 1.29 is 9.90 Å². The standard InChI is InChI=1S/C16H11Cl2NO2/c17-13-10-14(18)15(9-12(13)16(20)21)19-8-4-7-11-5-2-1-3-6-11/h1-10H,(H,20,21)/b7-4+,19-8?. The molecule has 2 aromatic rings. The summed E-state index contributed by atoms with van der Waals surface area (Å²) in [4.78, 5) is 15.1. The number of benzene rings is 2. The molecule has 0 bridgehead atoms. The number of allylic oxidation sites excluding steroid dienone is 1. The van der Waals surface area contributed by atoms with Gasteiger partial charge in [-0.15, -0.1) is 0 Å². The van der Waals surface area contributed by atoms with Crippen LogP contribution in [0.25, 0.3) is 6.08 Å². The van der Waals surface area contributed by atoms with Crippen molar-refractivity contribution in [2.75, 3.05) is 0 Å². The maximum absolute atomic E-state index is 11.0. The quantitative estimate of drug-likeness (QED) is 0.796. The molecule has 0 fully saturated rings. The molecule has 0 atom stereocenters. The molecule has 2 rings (SSSR count). The van der Waals surface area contributed by atoms with E-state index in [0.29, 0.717) is 10.7 Å². The Balaban J connectivity index is 2.19. The highest BCUT2D eigenvalue weighted by Gasteiger charge is 2.12. The van der Waals surface area contributed by atoms with E-state index in [-0.39, 0.29) is 10.6 Å². The number of carboxylic acids is 1. The fourth-order valence-corrected chi connectivity index (χ4v) is 2.15. The zero-order valence-corrected chi connectivity index (χ0v) is 12.3. The topological polar surface area (TPSA) is 49.7 Å². The van der Waals surface area contributed by atoms with E-state index < -0.39 is 5.97 Å². The lowest BCUT2D eigenvalue weighted by Gasteiger charge is -2.02. The average Bonchev–Trinajstić information content (AvgIpc) is 2.46. The van der Waals surface area contributed by atoms with Crippen molar-refractivity contribution in [3.63, 3.8) is 0 Å². The van der Waals surface area contributed by atoms with Crippen molar-refractivity contribution in [3.05, 3.63) is 69.7 Å². The Hall–Kier alpha value is -2.10. The highest BCUT2D eigenvalue weighted by molar-refractivity contribution is 6.38. The van der Waals surface area contributed by atoms with Crippen LogP contribution in [-0.4, -0.2) is 17.3 Å². The molecule has 0 unspecified atom stereocenters. The van der Waals surface area contributed by atoms with Crippen LogP contribution in [0.3, 0.4) is 0 Å². The van der Waals surface area contributed by atoms with Gasteiger partial charge in [0.2, 0.25) is 0 Å². The molecule has 2 aromatic carbocycles. The largest absolute Gasteiger partial charge is 0.478 e. The molecule has 5 heteroatoms. The Bertz CT molecular complexity index is 710. The maximum Gasteiger partial charge on any atom is 0.337 e. The molecule has 0 aliphatic carbocycles. The van der Waals surface area contributed by atoms with Gasteiger partial charge in [-0.3, -0.25) is 4.99 Å². The second-order valence-corrected chi connectivity index (χ2v) is 4.95. The first-order chi connectivity index (χ1) is 10.1. The van der Waals surface area contributed by atoms with E-state index in [4.69, 9.17) is 28.3 Å². The summed E-state index contributed by atoms with van der Waals surface area (Å²) in [6, 6.07) is 12.5. The molecule has 0 heterocycles. The third-order valence-electron chi connectivity index (χ3n) is 2.65. The van der Waals surface area contributed by atoms with Crippen molar-refractivity contribution in [1.29, 1.82) is 0 Å². The van der Waals surface area contributed by atoms with Crippen molar-refractivity contribution >= 4 is 47.1 Å². The number of rotatable bonds is 4. The molecule has 0 aromatic heterocycles. The minimum atomic E-state index is -1.12. The first-order valence-electron chi connectivity index (χ1n) is 6.06. The highest BCUT2D eigenvalue weighted by Crippen LogP contribution is 2.31. The van der Waals surface area contributed by atoms with Crippen LogP contribution < -0.4 is 0 Å². The molecular formula is C16H11Cl2NO2. The van der Waals surface area contributed by atoms with E-state index in [1.54, 1.807) is 12.3 Å². The van der Waals surface area contributed by atoms with Crippen LogP contribution in [0.2, 0.25) is 10.0 Å². The van der Waals surface area contributed by atoms with E-state index in [9.17, 15) is 4.79 Å². The van der Waals surface area contributed by atoms with Crippen molar-refractivity contribution in [2.45, 2.75) is 0 Å². The van der Waals surface area contributed by atoms with Gasteiger partial charge in [-0.2, -0.15) is 0 Å². The van der Waals surface area contributed by atoms with E-state index >= 15 is 0 Å². The van der Waals surface area contributed by atoms with Gasteiger partial charge in [-0.05, 0) is 23.8 Å². The summed E-state index contributed by atoms with van der Waals surface area (Å²) in [6.07, 6.45) is 5.18. The molecule has 0 spiro atoms. The van der Waals surface area contributed by atoms with Gasteiger partial charge < -0.3 is 5.11 Å². The molecule has 0 saturated carbocycles. The summed E-state index contributed by atoms with van der Waals surface area (Å²) in [7, 11) is 0. The summed E-state index contributed by atoms with van der Waals surface area (Å²) >= 11 is 11.8. The average molecular weight is 320 g/mol.